The number of nitrogens with zero attached hydrogens (tertiary/aromatic N) is 1. The average Bonchev–Trinajstić information content (AvgIpc) is 3.17. The van der Waals surface area contributed by atoms with Crippen LogP contribution in [0.25, 0.3) is 0 Å². The molecule has 1 fully saturated rings. The highest BCUT2D eigenvalue weighted by Gasteiger charge is 2.25. The van der Waals surface area contributed by atoms with Crippen molar-refractivity contribution in [3.05, 3.63) is 0 Å². The molecular weight excluding hydrogens is 262 g/mol. The van der Waals surface area contributed by atoms with Gasteiger partial charge in [0, 0.05) is 13.1 Å². The average molecular weight is 285 g/mol. The molecule has 0 spiro atoms. The lowest BCUT2D eigenvalue weighted by atomic mass is 10.1. The second-order valence-electron chi connectivity index (χ2n) is 5.18. The SMILES string of the molecule is CCCC[C@H](NC(=O)N(C)CC(=O)NC1CC1)C(=O)O. The molecule has 1 saturated carbocycles. The number of hydrogen-bond donors (Lipinski definition) is 3. The first kappa shape index (κ1) is 16.3. The van der Waals surface area contributed by atoms with Crippen LogP contribution >= 0.6 is 0 Å². The molecule has 0 radical (unpaired) electrons. The lowest BCUT2D eigenvalue weighted by molar-refractivity contribution is -0.139. The predicted molar refractivity (Wildman–Crippen MR) is 73.3 cm³/mol. The Morgan fingerprint density at radius 3 is 2.50 bits per heavy atom. The van der Waals surface area contributed by atoms with Crippen molar-refractivity contribution in [2.45, 2.75) is 51.1 Å². The second kappa shape index (κ2) is 7.72. The van der Waals surface area contributed by atoms with Crippen LogP contribution in [-0.4, -0.2) is 53.6 Å². The fraction of sp³-hybridized carbons (Fsp3) is 0.769. The molecule has 3 amide bonds. The summed E-state index contributed by atoms with van der Waals surface area (Å²) in [6.07, 6.45) is 3.95. The van der Waals surface area contributed by atoms with E-state index in [1.165, 1.54) is 11.9 Å². The zero-order chi connectivity index (χ0) is 15.1. The minimum absolute atomic E-state index is 0.0670. The maximum Gasteiger partial charge on any atom is 0.326 e. The third-order valence-corrected chi connectivity index (χ3v) is 3.11. The van der Waals surface area contributed by atoms with Gasteiger partial charge in [-0.3, -0.25) is 4.79 Å². The maximum absolute atomic E-state index is 11.8. The topological polar surface area (TPSA) is 98.7 Å². The minimum Gasteiger partial charge on any atom is -0.480 e. The van der Waals surface area contributed by atoms with Crippen molar-refractivity contribution in [2.75, 3.05) is 13.6 Å². The summed E-state index contributed by atoms with van der Waals surface area (Å²) >= 11 is 0. The number of carboxylic acids is 1. The molecule has 0 aromatic carbocycles. The van der Waals surface area contributed by atoms with Gasteiger partial charge in [-0.15, -0.1) is 0 Å². The molecule has 1 atom stereocenters. The molecular formula is C13H23N3O4. The van der Waals surface area contributed by atoms with Gasteiger partial charge in [-0.05, 0) is 19.3 Å². The first-order valence-corrected chi connectivity index (χ1v) is 6.97. The quantitative estimate of drug-likeness (QED) is 0.606. The number of amides is 3. The summed E-state index contributed by atoms with van der Waals surface area (Å²) in [5, 5.41) is 14.2. The number of carbonyl (C=O) groups is 3. The molecule has 3 N–H and O–H groups in total. The number of carboxylic acid groups (broad SMARTS) is 1. The van der Waals surface area contributed by atoms with E-state index < -0.39 is 18.0 Å². The van der Waals surface area contributed by atoms with Crippen LogP contribution in [0.3, 0.4) is 0 Å². The van der Waals surface area contributed by atoms with E-state index in [1.807, 2.05) is 6.92 Å². The van der Waals surface area contributed by atoms with Gasteiger partial charge < -0.3 is 20.6 Å². The molecule has 0 heterocycles. The van der Waals surface area contributed by atoms with Crippen molar-refractivity contribution in [3.63, 3.8) is 0 Å². The van der Waals surface area contributed by atoms with E-state index in [9.17, 15) is 14.4 Å². The number of urea groups is 1. The monoisotopic (exact) mass is 285 g/mol. The molecule has 1 rings (SSSR count). The molecule has 0 aliphatic heterocycles. The molecule has 0 aromatic heterocycles. The Morgan fingerprint density at radius 1 is 1.35 bits per heavy atom. The number of unbranched alkanes of at least 4 members (excludes halogenated alkanes) is 1. The third-order valence-electron chi connectivity index (χ3n) is 3.11. The third kappa shape index (κ3) is 5.90. The highest BCUT2D eigenvalue weighted by atomic mass is 16.4. The molecule has 1 aliphatic carbocycles. The van der Waals surface area contributed by atoms with Crippen LogP contribution in [0, 0.1) is 0 Å². The van der Waals surface area contributed by atoms with Gasteiger partial charge in [-0.25, -0.2) is 9.59 Å². The summed E-state index contributed by atoms with van der Waals surface area (Å²) < 4.78 is 0. The number of likely N-dealkylation sites (N-methyl/N-ethyl adjacent to an activating group) is 1. The summed E-state index contributed by atoms with van der Waals surface area (Å²) in [7, 11) is 1.47. The van der Waals surface area contributed by atoms with Crippen molar-refractivity contribution in [1.29, 1.82) is 0 Å². The lowest BCUT2D eigenvalue weighted by Crippen LogP contribution is -2.49. The number of carbonyl (C=O) groups excluding carboxylic acids is 2. The Hall–Kier alpha value is -1.79. The van der Waals surface area contributed by atoms with Crippen LogP contribution in [0.5, 0.6) is 0 Å². The summed E-state index contributed by atoms with van der Waals surface area (Å²) in [4.78, 5) is 35.6. The van der Waals surface area contributed by atoms with E-state index in [-0.39, 0.29) is 18.5 Å². The standard InChI is InChI=1S/C13H23N3O4/c1-3-4-5-10(12(18)19)15-13(20)16(2)8-11(17)14-9-6-7-9/h9-10H,3-8H2,1-2H3,(H,14,17)(H,15,20)(H,18,19)/t10-/m0/s1. The van der Waals surface area contributed by atoms with E-state index >= 15 is 0 Å². The highest BCUT2D eigenvalue weighted by Crippen LogP contribution is 2.18. The fourth-order valence-electron chi connectivity index (χ4n) is 1.71. The minimum atomic E-state index is -1.05. The van der Waals surface area contributed by atoms with E-state index in [4.69, 9.17) is 5.11 Å². The summed E-state index contributed by atoms with van der Waals surface area (Å²) in [5.41, 5.74) is 0. The zero-order valence-electron chi connectivity index (χ0n) is 12.0. The van der Waals surface area contributed by atoms with Gasteiger partial charge in [0.25, 0.3) is 0 Å². The zero-order valence-corrected chi connectivity index (χ0v) is 12.0. The maximum atomic E-state index is 11.8. The first-order chi connectivity index (χ1) is 9.43. The fourth-order valence-corrected chi connectivity index (χ4v) is 1.71. The number of aliphatic carboxylic acids is 1. The first-order valence-electron chi connectivity index (χ1n) is 6.97. The van der Waals surface area contributed by atoms with Crippen molar-refractivity contribution in [3.8, 4) is 0 Å². The van der Waals surface area contributed by atoms with Crippen LogP contribution in [0.1, 0.15) is 39.0 Å². The number of nitrogens with one attached hydrogen (secondary N) is 2. The Balaban J connectivity index is 2.37. The van der Waals surface area contributed by atoms with Gasteiger partial charge in [0.15, 0.2) is 0 Å². The molecule has 1 aliphatic rings. The number of rotatable bonds is 8. The Kier molecular flexibility index (Phi) is 6.27. The van der Waals surface area contributed by atoms with Crippen molar-refractivity contribution in [2.24, 2.45) is 0 Å². The summed E-state index contributed by atoms with van der Waals surface area (Å²) in [6, 6.07) is -1.20. The van der Waals surface area contributed by atoms with Gasteiger partial charge >= 0.3 is 12.0 Å². The molecule has 0 unspecified atom stereocenters. The molecule has 0 aromatic rings. The van der Waals surface area contributed by atoms with Crippen molar-refractivity contribution in [1.82, 2.24) is 15.5 Å². The molecule has 20 heavy (non-hydrogen) atoms. The van der Waals surface area contributed by atoms with E-state index in [0.29, 0.717) is 6.42 Å². The Labute approximate surface area is 118 Å². The Morgan fingerprint density at radius 2 is 2.00 bits per heavy atom. The lowest BCUT2D eigenvalue weighted by Gasteiger charge is -2.21. The van der Waals surface area contributed by atoms with Crippen LogP contribution < -0.4 is 10.6 Å². The van der Waals surface area contributed by atoms with E-state index in [0.717, 1.165) is 25.7 Å². The van der Waals surface area contributed by atoms with Gasteiger partial charge in [0.05, 0.1) is 0 Å². The van der Waals surface area contributed by atoms with Gasteiger partial charge in [0.2, 0.25) is 5.91 Å². The molecule has 7 heteroatoms. The highest BCUT2D eigenvalue weighted by molar-refractivity contribution is 5.86. The normalized spacial score (nSPS) is 15.3. The van der Waals surface area contributed by atoms with Crippen LogP contribution in [0.15, 0.2) is 0 Å². The largest absolute Gasteiger partial charge is 0.480 e. The molecule has 7 nitrogen and oxygen atoms in total. The van der Waals surface area contributed by atoms with Gasteiger partial charge in [-0.2, -0.15) is 0 Å². The smallest absolute Gasteiger partial charge is 0.326 e. The molecule has 114 valence electrons. The second-order valence-corrected chi connectivity index (χ2v) is 5.18. The van der Waals surface area contributed by atoms with E-state index in [1.54, 1.807) is 0 Å². The van der Waals surface area contributed by atoms with Crippen molar-refractivity contribution >= 4 is 17.9 Å². The van der Waals surface area contributed by atoms with Crippen LogP contribution in [-0.2, 0) is 9.59 Å². The van der Waals surface area contributed by atoms with Crippen LogP contribution in [0.4, 0.5) is 4.79 Å². The van der Waals surface area contributed by atoms with Crippen LogP contribution in [0.2, 0.25) is 0 Å². The van der Waals surface area contributed by atoms with Gasteiger partial charge in [-0.1, -0.05) is 19.8 Å². The molecule has 0 bridgehead atoms. The Bertz CT molecular complexity index is 369. The molecule has 0 saturated heterocycles. The summed E-state index contributed by atoms with van der Waals surface area (Å²) in [5.74, 6) is -1.27. The van der Waals surface area contributed by atoms with Gasteiger partial charge in [0.1, 0.15) is 12.6 Å². The predicted octanol–water partition coefficient (Wildman–Crippen LogP) is 0.550. The van der Waals surface area contributed by atoms with E-state index in [2.05, 4.69) is 10.6 Å². The summed E-state index contributed by atoms with van der Waals surface area (Å²) in [6.45, 7) is 1.89. The number of hydrogen-bond acceptors (Lipinski definition) is 3. The van der Waals surface area contributed by atoms with Crippen molar-refractivity contribution < 1.29 is 19.5 Å².